The zero-order chi connectivity index (χ0) is 11.4. The van der Waals surface area contributed by atoms with Gasteiger partial charge in [0.15, 0.2) is 0 Å². The number of aliphatic hydroxyl groups is 1. The summed E-state index contributed by atoms with van der Waals surface area (Å²) >= 11 is 1.72. The Labute approximate surface area is 101 Å². The van der Waals surface area contributed by atoms with Crippen LogP contribution in [0.25, 0.3) is 0 Å². The fourth-order valence-electron chi connectivity index (χ4n) is 2.29. The standard InChI is InChI=1S/C12H20N2OS/c1-10-14-8-11(16-10)7-13-9-12(15)5-3-2-4-6-12/h8,13,15H,2-7,9H2,1H3. The van der Waals surface area contributed by atoms with Gasteiger partial charge in [-0.2, -0.15) is 0 Å². The Hall–Kier alpha value is -0.450. The third-order valence-electron chi connectivity index (χ3n) is 3.21. The summed E-state index contributed by atoms with van der Waals surface area (Å²) in [6.45, 7) is 3.56. The van der Waals surface area contributed by atoms with Gasteiger partial charge < -0.3 is 10.4 Å². The van der Waals surface area contributed by atoms with Crippen LogP contribution >= 0.6 is 11.3 Å². The lowest BCUT2D eigenvalue weighted by Gasteiger charge is -2.32. The molecule has 1 heterocycles. The summed E-state index contributed by atoms with van der Waals surface area (Å²) in [7, 11) is 0. The van der Waals surface area contributed by atoms with Gasteiger partial charge in [-0.1, -0.05) is 19.3 Å². The van der Waals surface area contributed by atoms with Gasteiger partial charge in [-0.15, -0.1) is 11.3 Å². The highest BCUT2D eigenvalue weighted by Gasteiger charge is 2.28. The lowest BCUT2D eigenvalue weighted by atomic mass is 9.85. The maximum atomic E-state index is 10.3. The van der Waals surface area contributed by atoms with Gasteiger partial charge in [-0.05, 0) is 19.8 Å². The van der Waals surface area contributed by atoms with Gasteiger partial charge >= 0.3 is 0 Å². The summed E-state index contributed by atoms with van der Waals surface area (Å²) in [4.78, 5) is 5.46. The van der Waals surface area contributed by atoms with Crippen molar-refractivity contribution in [3.8, 4) is 0 Å². The molecule has 1 aromatic heterocycles. The minimum absolute atomic E-state index is 0.460. The average molecular weight is 240 g/mol. The van der Waals surface area contributed by atoms with E-state index in [1.54, 1.807) is 11.3 Å². The van der Waals surface area contributed by atoms with E-state index in [2.05, 4.69) is 10.3 Å². The molecular weight excluding hydrogens is 220 g/mol. The zero-order valence-corrected chi connectivity index (χ0v) is 10.6. The molecule has 0 spiro atoms. The van der Waals surface area contributed by atoms with Crippen molar-refractivity contribution in [1.29, 1.82) is 0 Å². The fraction of sp³-hybridized carbons (Fsp3) is 0.750. The van der Waals surface area contributed by atoms with E-state index in [9.17, 15) is 5.11 Å². The van der Waals surface area contributed by atoms with E-state index in [-0.39, 0.29) is 0 Å². The zero-order valence-electron chi connectivity index (χ0n) is 9.83. The number of thiazole rings is 1. The molecule has 1 saturated carbocycles. The molecule has 3 nitrogen and oxygen atoms in total. The van der Waals surface area contributed by atoms with Crippen molar-refractivity contribution >= 4 is 11.3 Å². The molecular formula is C12H20N2OS. The first-order valence-corrected chi connectivity index (χ1v) is 6.84. The van der Waals surface area contributed by atoms with E-state index in [4.69, 9.17) is 0 Å². The Morgan fingerprint density at radius 1 is 1.44 bits per heavy atom. The van der Waals surface area contributed by atoms with Crippen LogP contribution < -0.4 is 5.32 Å². The van der Waals surface area contributed by atoms with Crippen LogP contribution in [0.15, 0.2) is 6.20 Å². The smallest absolute Gasteiger partial charge is 0.0897 e. The largest absolute Gasteiger partial charge is 0.389 e. The van der Waals surface area contributed by atoms with E-state index in [0.717, 1.165) is 37.2 Å². The first-order valence-electron chi connectivity index (χ1n) is 6.02. The van der Waals surface area contributed by atoms with E-state index in [0.29, 0.717) is 6.54 Å². The second-order valence-electron chi connectivity index (χ2n) is 4.73. The quantitative estimate of drug-likeness (QED) is 0.848. The molecule has 4 heteroatoms. The van der Waals surface area contributed by atoms with Crippen LogP contribution in [0.5, 0.6) is 0 Å². The first-order chi connectivity index (χ1) is 7.68. The average Bonchev–Trinajstić information content (AvgIpc) is 2.65. The van der Waals surface area contributed by atoms with Crippen LogP contribution in [0.4, 0.5) is 0 Å². The summed E-state index contributed by atoms with van der Waals surface area (Å²) < 4.78 is 0. The Morgan fingerprint density at radius 2 is 2.19 bits per heavy atom. The normalized spacial score (nSPS) is 19.9. The minimum atomic E-state index is -0.460. The van der Waals surface area contributed by atoms with Crippen LogP contribution in [0.1, 0.15) is 42.0 Å². The number of nitrogens with zero attached hydrogens (tertiary/aromatic N) is 1. The maximum absolute atomic E-state index is 10.3. The van der Waals surface area contributed by atoms with E-state index in [1.807, 2.05) is 13.1 Å². The molecule has 0 radical (unpaired) electrons. The van der Waals surface area contributed by atoms with Gasteiger partial charge in [0, 0.05) is 24.2 Å². The first kappa shape index (κ1) is 12.0. The van der Waals surface area contributed by atoms with Crippen LogP contribution in [0, 0.1) is 6.92 Å². The second kappa shape index (κ2) is 5.25. The monoisotopic (exact) mass is 240 g/mol. The maximum Gasteiger partial charge on any atom is 0.0897 e. The highest BCUT2D eigenvalue weighted by atomic mass is 32.1. The summed E-state index contributed by atoms with van der Waals surface area (Å²) in [6.07, 6.45) is 7.41. The molecule has 0 atom stereocenters. The van der Waals surface area contributed by atoms with Crippen LogP contribution in [-0.4, -0.2) is 22.2 Å². The second-order valence-corrected chi connectivity index (χ2v) is 6.05. The molecule has 1 aliphatic rings. The van der Waals surface area contributed by atoms with Gasteiger partial charge in [0.25, 0.3) is 0 Å². The highest BCUT2D eigenvalue weighted by Crippen LogP contribution is 2.27. The lowest BCUT2D eigenvalue weighted by molar-refractivity contribution is 0.00472. The Balaban J connectivity index is 1.74. The topological polar surface area (TPSA) is 45.2 Å². The van der Waals surface area contributed by atoms with Crippen molar-refractivity contribution in [2.45, 2.75) is 51.2 Å². The molecule has 0 saturated heterocycles. The SMILES string of the molecule is Cc1ncc(CNCC2(O)CCCCC2)s1. The molecule has 0 aliphatic heterocycles. The van der Waals surface area contributed by atoms with Crippen LogP contribution in [-0.2, 0) is 6.54 Å². The van der Waals surface area contributed by atoms with Gasteiger partial charge in [-0.25, -0.2) is 4.98 Å². The lowest BCUT2D eigenvalue weighted by Crippen LogP contribution is -2.41. The van der Waals surface area contributed by atoms with E-state index in [1.165, 1.54) is 11.3 Å². The number of rotatable bonds is 4. The molecule has 90 valence electrons. The Kier molecular flexibility index (Phi) is 3.95. The van der Waals surface area contributed by atoms with E-state index >= 15 is 0 Å². The number of hydrogen-bond acceptors (Lipinski definition) is 4. The summed E-state index contributed by atoms with van der Waals surface area (Å²) in [5.41, 5.74) is -0.460. The predicted molar refractivity (Wildman–Crippen MR) is 66.6 cm³/mol. The van der Waals surface area contributed by atoms with Crippen LogP contribution in [0.2, 0.25) is 0 Å². The van der Waals surface area contributed by atoms with Crippen molar-refractivity contribution in [2.24, 2.45) is 0 Å². The minimum Gasteiger partial charge on any atom is -0.389 e. The third-order valence-corrected chi connectivity index (χ3v) is 4.12. The number of aryl methyl sites for hydroxylation is 1. The molecule has 1 aliphatic carbocycles. The van der Waals surface area contributed by atoms with Gasteiger partial charge in [0.1, 0.15) is 0 Å². The van der Waals surface area contributed by atoms with Gasteiger partial charge in [0.05, 0.1) is 10.6 Å². The fourth-order valence-corrected chi connectivity index (χ4v) is 3.06. The molecule has 16 heavy (non-hydrogen) atoms. The molecule has 0 aromatic carbocycles. The number of aromatic nitrogens is 1. The summed E-state index contributed by atoms with van der Waals surface area (Å²) in [5, 5.41) is 14.7. The molecule has 0 amide bonds. The highest BCUT2D eigenvalue weighted by molar-refractivity contribution is 7.11. The summed E-state index contributed by atoms with van der Waals surface area (Å²) in [6, 6.07) is 0. The number of nitrogens with one attached hydrogen (secondary N) is 1. The summed E-state index contributed by atoms with van der Waals surface area (Å²) in [5.74, 6) is 0. The molecule has 1 aromatic rings. The molecule has 2 rings (SSSR count). The van der Waals surface area contributed by atoms with Gasteiger partial charge in [0.2, 0.25) is 0 Å². The number of hydrogen-bond donors (Lipinski definition) is 2. The predicted octanol–water partition coefficient (Wildman–Crippen LogP) is 2.24. The van der Waals surface area contributed by atoms with Gasteiger partial charge in [-0.3, -0.25) is 0 Å². The molecule has 0 bridgehead atoms. The third kappa shape index (κ3) is 3.27. The molecule has 2 N–H and O–H groups in total. The van der Waals surface area contributed by atoms with Crippen molar-refractivity contribution in [2.75, 3.05) is 6.54 Å². The molecule has 1 fully saturated rings. The Morgan fingerprint density at radius 3 is 2.81 bits per heavy atom. The van der Waals surface area contributed by atoms with Crippen molar-refractivity contribution in [3.63, 3.8) is 0 Å². The van der Waals surface area contributed by atoms with Crippen molar-refractivity contribution < 1.29 is 5.11 Å². The van der Waals surface area contributed by atoms with Crippen LogP contribution in [0.3, 0.4) is 0 Å². The van der Waals surface area contributed by atoms with Crippen molar-refractivity contribution in [1.82, 2.24) is 10.3 Å². The Bertz CT molecular complexity index is 332. The van der Waals surface area contributed by atoms with Crippen molar-refractivity contribution in [3.05, 3.63) is 16.1 Å². The van der Waals surface area contributed by atoms with E-state index < -0.39 is 5.60 Å². The molecule has 0 unspecified atom stereocenters.